The van der Waals surface area contributed by atoms with E-state index in [1.54, 1.807) is 0 Å². The molecule has 3 atom stereocenters. The van der Waals surface area contributed by atoms with Gasteiger partial charge in [0.05, 0.1) is 12.0 Å². The van der Waals surface area contributed by atoms with Crippen molar-refractivity contribution in [3.63, 3.8) is 0 Å². The van der Waals surface area contributed by atoms with Crippen LogP contribution in [0.15, 0.2) is 24.5 Å². The largest absolute Gasteiger partial charge is 0.369 e. The van der Waals surface area contributed by atoms with Crippen LogP contribution in [0.4, 0.5) is 10.5 Å². The standard InChI is InChI=1S/C20H26N6O/c1-14-5-9-26(20(27)25-10-6-15(11-21)12-25)13-18(14)24(2)17-4-8-23-19-16(17)3-7-22-19/h3-4,7-8,14-15,18H,5-6,9-10,12-13H2,1-2H3,(H,22,23)/t14-,15?,18+/m1/s1. The molecule has 2 fully saturated rings. The van der Waals surface area contributed by atoms with Gasteiger partial charge in [-0.1, -0.05) is 6.92 Å². The fourth-order valence-corrected chi connectivity index (χ4v) is 4.40. The Balaban J connectivity index is 1.51. The fraction of sp³-hybridized carbons (Fsp3) is 0.550. The Hall–Kier alpha value is -2.75. The second kappa shape index (κ2) is 7.10. The zero-order chi connectivity index (χ0) is 19.0. The summed E-state index contributed by atoms with van der Waals surface area (Å²) in [6.07, 6.45) is 5.51. The lowest BCUT2D eigenvalue weighted by Gasteiger charge is -2.43. The molecule has 2 aliphatic rings. The first-order valence-electron chi connectivity index (χ1n) is 9.67. The average Bonchev–Trinajstić information content (AvgIpc) is 3.36. The van der Waals surface area contributed by atoms with Gasteiger partial charge in [0.15, 0.2) is 0 Å². The summed E-state index contributed by atoms with van der Waals surface area (Å²) in [4.78, 5) is 26.6. The summed E-state index contributed by atoms with van der Waals surface area (Å²) in [5.41, 5.74) is 2.02. The molecular formula is C20H26N6O. The Bertz CT molecular complexity index is 871. The second-order valence-electron chi connectivity index (χ2n) is 7.80. The van der Waals surface area contributed by atoms with E-state index in [0.29, 0.717) is 25.6 Å². The number of likely N-dealkylation sites (tertiary alicyclic amines) is 2. The van der Waals surface area contributed by atoms with Crippen LogP contribution in [0, 0.1) is 23.2 Å². The molecule has 0 aliphatic carbocycles. The molecule has 4 heterocycles. The summed E-state index contributed by atoms with van der Waals surface area (Å²) in [6, 6.07) is 6.72. The number of aromatic nitrogens is 2. The number of likely N-dealkylation sites (N-methyl/N-ethyl adjacent to an activating group) is 1. The zero-order valence-corrected chi connectivity index (χ0v) is 15.9. The molecule has 1 unspecified atom stereocenters. The van der Waals surface area contributed by atoms with Gasteiger partial charge in [0.2, 0.25) is 0 Å². The summed E-state index contributed by atoms with van der Waals surface area (Å²) in [6.45, 7) is 5.01. The molecule has 0 spiro atoms. The first-order chi connectivity index (χ1) is 13.1. The minimum Gasteiger partial charge on any atom is -0.369 e. The third-order valence-electron chi connectivity index (χ3n) is 6.15. The van der Waals surface area contributed by atoms with Gasteiger partial charge in [-0.15, -0.1) is 0 Å². The minimum absolute atomic E-state index is 0.0187. The van der Waals surface area contributed by atoms with Crippen molar-refractivity contribution in [3.8, 4) is 6.07 Å². The molecule has 0 saturated carbocycles. The summed E-state index contributed by atoms with van der Waals surface area (Å²) in [5, 5.41) is 10.2. The van der Waals surface area contributed by atoms with Gasteiger partial charge in [0, 0.05) is 62.7 Å². The third kappa shape index (κ3) is 3.20. The number of anilines is 1. The van der Waals surface area contributed by atoms with Crippen molar-refractivity contribution in [1.29, 1.82) is 5.26 Å². The van der Waals surface area contributed by atoms with E-state index in [2.05, 4.69) is 41.0 Å². The van der Waals surface area contributed by atoms with E-state index < -0.39 is 0 Å². The van der Waals surface area contributed by atoms with Gasteiger partial charge in [0.1, 0.15) is 5.65 Å². The zero-order valence-electron chi connectivity index (χ0n) is 15.9. The highest BCUT2D eigenvalue weighted by atomic mass is 16.2. The fourth-order valence-electron chi connectivity index (χ4n) is 4.40. The number of rotatable bonds is 2. The molecule has 2 saturated heterocycles. The molecule has 7 heteroatoms. The normalized spacial score (nSPS) is 25.6. The van der Waals surface area contributed by atoms with Crippen molar-refractivity contribution in [2.75, 3.05) is 38.1 Å². The maximum absolute atomic E-state index is 13.0. The van der Waals surface area contributed by atoms with E-state index in [4.69, 9.17) is 5.26 Å². The van der Waals surface area contributed by atoms with E-state index in [9.17, 15) is 4.79 Å². The van der Waals surface area contributed by atoms with Crippen LogP contribution >= 0.6 is 0 Å². The lowest BCUT2D eigenvalue weighted by atomic mass is 9.92. The topological polar surface area (TPSA) is 79.3 Å². The smallest absolute Gasteiger partial charge is 0.320 e. The molecule has 0 radical (unpaired) electrons. The highest BCUT2D eigenvalue weighted by Gasteiger charge is 2.36. The van der Waals surface area contributed by atoms with E-state index in [1.165, 1.54) is 0 Å². The van der Waals surface area contributed by atoms with Crippen LogP contribution in [0.5, 0.6) is 0 Å². The molecular weight excluding hydrogens is 340 g/mol. The Kier molecular flexibility index (Phi) is 4.65. The van der Waals surface area contributed by atoms with Crippen molar-refractivity contribution in [1.82, 2.24) is 19.8 Å². The van der Waals surface area contributed by atoms with Gasteiger partial charge in [-0.05, 0) is 30.9 Å². The van der Waals surface area contributed by atoms with Crippen LogP contribution in [0.3, 0.4) is 0 Å². The number of nitrogens with zero attached hydrogens (tertiary/aromatic N) is 5. The Labute approximate surface area is 159 Å². The lowest BCUT2D eigenvalue weighted by Crippen LogP contribution is -2.55. The Morgan fingerprint density at radius 3 is 2.85 bits per heavy atom. The monoisotopic (exact) mass is 366 g/mol. The van der Waals surface area contributed by atoms with Crippen LogP contribution in [0.1, 0.15) is 19.8 Å². The molecule has 2 aliphatic heterocycles. The summed E-state index contributed by atoms with van der Waals surface area (Å²) >= 11 is 0. The van der Waals surface area contributed by atoms with Gasteiger partial charge >= 0.3 is 6.03 Å². The number of H-pyrrole nitrogens is 1. The molecule has 142 valence electrons. The SMILES string of the molecule is C[C@@H]1CCN(C(=O)N2CCC(C#N)C2)C[C@@H]1N(C)c1ccnc2[nH]ccc12. The number of hydrogen-bond donors (Lipinski definition) is 1. The number of amides is 2. The van der Waals surface area contributed by atoms with Crippen molar-refractivity contribution in [3.05, 3.63) is 24.5 Å². The van der Waals surface area contributed by atoms with Crippen LogP contribution in [0.25, 0.3) is 11.0 Å². The number of nitrogens with one attached hydrogen (secondary N) is 1. The molecule has 7 nitrogen and oxygen atoms in total. The number of carbonyl (C=O) groups is 1. The Morgan fingerprint density at radius 2 is 2.07 bits per heavy atom. The van der Waals surface area contributed by atoms with E-state index in [-0.39, 0.29) is 18.0 Å². The van der Waals surface area contributed by atoms with Crippen molar-refractivity contribution >= 4 is 22.8 Å². The first-order valence-corrected chi connectivity index (χ1v) is 9.67. The van der Waals surface area contributed by atoms with E-state index in [0.717, 1.165) is 36.1 Å². The lowest BCUT2D eigenvalue weighted by molar-refractivity contribution is 0.132. The highest BCUT2D eigenvalue weighted by Crippen LogP contribution is 2.31. The Morgan fingerprint density at radius 1 is 1.30 bits per heavy atom. The highest BCUT2D eigenvalue weighted by molar-refractivity contribution is 5.89. The number of urea groups is 1. The van der Waals surface area contributed by atoms with Crippen LogP contribution < -0.4 is 4.90 Å². The molecule has 2 aromatic heterocycles. The van der Waals surface area contributed by atoms with E-state index >= 15 is 0 Å². The van der Waals surface area contributed by atoms with Crippen molar-refractivity contribution in [2.24, 2.45) is 11.8 Å². The van der Waals surface area contributed by atoms with Crippen LogP contribution in [-0.2, 0) is 0 Å². The number of aromatic amines is 1. The second-order valence-corrected chi connectivity index (χ2v) is 7.80. The molecule has 4 rings (SSSR count). The summed E-state index contributed by atoms with van der Waals surface area (Å²) in [7, 11) is 2.11. The third-order valence-corrected chi connectivity index (χ3v) is 6.15. The van der Waals surface area contributed by atoms with Crippen molar-refractivity contribution in [2.45, 2.75) is 25.8 Å². The van der Waals surface area contributed by atoms with Gasteiger partial charge < -0.3 is 19.7 Å². The first kappa shape index (κ1) is 17.7. The molecule has 2 amide bonds. The average molecular weight is 366 g/mol. The molecule has 0 bridgehead atoms. The van der Waals surface area contributed by atoms with Gasteiger partial charge in [0.25, 0.3) is 0 Å². The quantitative estimate of drug-likeness (QED) is 0.886. The van der Waals surface area contributed by atoms with Gasteiger partial charge in [-0.3, -0.25) is 0 Å². The number of carbonyl (C=O) groups excluding carboxylic acids is 1. The number of nitriles is 1. The predicted octanol–water partition coefficient (Wildman–Crippen LogP) is 2.67. The maximum Gasteiger partial charge on any atom is 0.320 e. The maximum atomic E-state index is 13.0. The summed E-state index contributed by atoms with van der Waals surface area (Å²) in [5.74, 6) is 0.474. The number of fused-ring (bicyclic) bond motifs is 1. The van der Waals surface area contributed by atoms with Gasteiger partial charge in [-0.25, -0.2) is 9.78 Å². The van der Waals surface area contributed by atoms with Gasteiger partial charge in [-0.2, -0.15) is 5.26 Å². The van der Waals surface area contributed by atoms with E-state index in [1.807, 2.05) is 28.3 Å². The number of hydrogen-bond acceptors (Lipinski definition) is 4. The molecule has 1 N–H and O–H groups in total. The minimum atomic E-state index is -0.0187. The molecule has 2 aromatic rings. The molecule has 27 heavy (non-hydrogen) atoms. The number of pyridine rings is 1. The number of piperidine rings is 1. The molecule has 0 aromatic carbocycles. The van der Waals surface area contributed by atoms with Crippen molar-refractivity contribution < 1.29 is 4.79 Å². The summed E-state index contributed by atoms with van der Waals surface area (Å²) < 4.78 is 0. The van der Waals surface area contributed by atoms with Crippen LogP contribution in [0.2, 0.25) is 0 Å². The predicted molar refractivity (Wildman–Crippen MR) is 104 cm³/mol. The van der Waals surface area contributed by atoms with Crippen LogP contribution in [-0.4, -0.2) is 65.1 Å².